The second-order valence-corrected chi connectivity index (χ2v) is 15.0. The van der Waals surface area contributed by atoms with E-state index in [-0.39, 0.29) is 30.7 Å². The highest BCUT2D eigenvalue weighted by Crippen LogP contribution is 2.36. The van der Waals surface area contributed by atoms with E-state index in [1.54, 1.807) is 18.8 Å². The summed E-state index contributed by atoms with van der Waals surface area (Å²) in [4.78, 5) is 57.0. The molecule has 2 aromatic heterocycles. The number of hydrogen-bond donors (Lipinski definition) is 6. The molecule has 4 heterocycles. The highest BCUT2D eigenvalue weighted by molar-refractivity contribution is 7.99. The molecule has 13 nitrogen and oxygen atoms in total. The van der Waals surface area contributed by atoms with Gasteiger partial charge in [0.1, 0.15) is 17.9 Å². The van der Waals surface area contributed by atoms with Crippen LogP contribution in [0.1, 0.15) is 48.8 Å². The van der Waals surface area contributed by atoms with E-state index < -0.39 is 18.1 Å². The third kappa shape index (κ3) is 9.60. The van der Waals surface area contributed by atoms with Crippen LogP contribution in [0, 0.1) is 0 Å². The number of rotatable bonds is 10. The fraction of sp³-hybridized carbons (Fsp3) is 0.450. The minimum absolute atomic E-state index is 0.201. The number of hydrogen-bond acceptors (Lipinski definition) is 10. The second-order valence-electron chi connectivity index (χ2n) is 13.9. The number of carbonyl (C=O) groups is 3. The molecule has 0 spiro atoms. The lowest BCUT2D eigenvalue weighted by molar-refractivity contribution is -0.142. The standard InChI is InChI=1S/C40H53N9O4S/c1-48-34(23-28-25-44-31-11-4-3-10-29(28)31)39(51)46-26-30-36(15-18-43-37(30)49-19-21-53-22-20-49)54-35-14-5-2-9-27(35)24-45-32(13-8-17-42)38(50)47-33(40(48)52)12-6-7-16-41/h2-5,9-11,14-15,18,25,32-34,44-45H,6-8,12-13,16-17,19-24,26,41-42H2,1H3,(H,46,51)(H,47,50)/t32-,33-,34-/m0/s1. The van der Waals surface area contributed by atoms with Crippen molar-refractivity contribution in [3.63, 3.8) is 0 Å². The molecule has 3 amide bonds. The zero-order chi connectivity index (χ0) is 37.9. The summed E-state index contributed by atoms with van der Waals surface area (Å²) >= 11 is 1.61. The van der Waals surface area contributed by atoms with Gasteiger partial charge in [-0.1, -0.05) is 48.2 Å². The Bertz CT molecular complexity index is 1880. The van der Waals surface area contributed by atoms with Gasteiger partial charge in [0.15, 0.2) is 0 Å². The molecule has 1 fully saturated rings. The number of anilines is 1. The third-order valence-corrected chi connectivity index (χ3v) is 11.5. The fourth-order valence-corrected chi connectivity index (χ4v) is 8.22. The molecule has 0 bridgehead atoms. The van der Waals surface area contributed by atoms with Crippen LogP contribution in [0.4, 0.5) is 5.82 Å². The van der Waals surface area contributed by atoms with Crippen molar-refractivity contribution in [1.82, 2.24) is 30.8 Å². The molecule has 4 aromatic rings. The topological polar surface area (TPSA) is 184 Å². The smallest absolute Gasteiger partial charge is 0.245 e. The number of amides is 3. The van der Waals surface area contributed by atoms with Gasteiger partial charge in [-0.05, 0) is 74.5 Å². The molecule has 14 heteroatoms. The van der Waals surface area contributed by atoms with Crippen molar-refractivity contribution < 1.29 is 19.1 Å². The van der Waals surface area contributed by atoms with Crippen LogP contribution in [0.5, 0.6) is 0 Å². The SMILES string of the molecule is CN1C(=O)[C@H](CCCCN)NC(=O)[C@H](CCCN)NCc2ccccc2Sc2ccnc(N3CCOCC3)c2CNC(=O)[C@@H]1Cc1c[nH]c2ccccc12. The predicted octanol–water partition coefficient (Wildman–Crippen LogP) is 3.06. The van der Waals surface area contributed by atoms with Crippen molar-refractivity contribution in [3.05, 3.63) is 83.7 Å². The van der Waals surface area contributed by atoms with E-state index in [0.29, 0.717) is 78.0 Å². The van der Waals surface area contributed by atoms with E-state index >= 15 is 0 Å². The lowest BCUT2D eigenvalue weighted by Crippen LogP contribution is -2.57. The van der Waals surface area contributed by atoms with E-state index in [1.165, 1.54) is 4.90 Å². The number of para-hydroxylation sites is 1. The monoisotopic (exact) mass is 755 g/mol. The molecule has 0 unspecified atom stereocenters. The Labute approximate surface area is 321 Å². The number of pyridine rings is 1. The molecule has 2 aliphatic heterocycles. The molecule has 3 atom stereocenters. The van der Waals surface area contributed by atoms with Crippen molar-refractivity contribution in [2.75, 3.05) is 51.3 Å². The highest BCUT2D eigenvalue weighted by atomic mass is 32.2. The maximum Gasteiger partial charge on any atom is 0.245 e. The second kappa shape index (κ2) is 19.2. The zero-order valence-corrected chi connectivity index (χ0v) is 31.8. The van der Waals surface area contributed by atoms with Gasteiger partial charge in [0.25, 0.3) is 0 Å². The number of nitrogens with one attached hydrogen (secondary N) is 4. The molecule has 0 radical (unpaired) electrons. The van der Waals surface area contributed by atoms with Gasteiger partial charge in [-0.15, -0.1) is 0 Å². The van der Waals surface area contributed by atoms with Crippen LogP contribution in [0.2, 0.25) is 0 Å². The molecular weight excluding hydrogens is 703 g/mol. The molecule has 0 aliphatic carbocycles. The summed E-state index contributed by atoms with van der Waals surface area (Å²) in [5.41, 5.74) is 15.5. The summed E-state index contributed by atoms with van der Waals surface area (Å²) < 4.78 is 5.66. The van der Waals surface area contributed by atoms with Crippen LogP contribution in [0.15, 0.2) is 76.8 Å². The molecule has 6 rings (SSSR count). The Balaban J connectivity index is 1.42. The van der Waals surface area contributed by atoms with Crippen LogP contribution in [-0.2, 0) is 38.6 Å². The van der Waals surface area contributed by atoms with Gasteiger partial charge in [-0.3, -0.25) is 14.4 Å². The summed E-state index contributed by atoms with van der Waals surface area (Å²) in [5.74, 6) is -0.115. The molecule has 8 N–H and O–H groups in total. The quantitative estimate of drug-likeness (QED) is 0.132. The maximum absolute atomic E-state index is 14.6. The van der Waals surface area contributed by atoms with E-state index in [0.717, 1.165) is 43.2 Å². The number of likely N-dealkylation sites (N-methyl/N-ethyl adjacent to an activating group) is 1. The van der Waals surface area contributed by atoms with Crippen LogP contribution < -0.4 is 32.3 Å². The number of unbranched alkanes of at least 4 members (excludes halogenated alkanes) is 1. The van der Waals surface area contributed by atoms with Gasteiger partial charge in [0.05, 0.1) is 19.3 Å². The van der Waals surface area contributed by atoms with E-state index in [1.807, 2.05) is 54.9 Å². The minimum atomic E-state index is -0.882. The summed E-state index contributed by atoms with van der Waals surface area (Å²) in [6.45, 7) is 4.06. The van der Waals surface area contributed by atoms with Crippen molar-refractivity contribution in [2.45, 2.75) is 79.5 Å². The first-order valence-corrected chi connectivity index (χ1v) is 19.8. The van der Waals surface area contributed by atoms with Gasteiger partial charge < -0.3 is 46.9 Å². The molecule has 2 aromatic carbocycles. The number of H-pyrrole nitrogens is 1. The normalized spacial score (nSPS) is 20.6. The number of fused-ring (bicyclic) bond motifs is 3. The predicted molar refractivity (Wildman–Crippen MR) is 212 cm³/mol. The molecule has 1 saturated heterocycles. The Morgan fingerprint density at radius 2 is 1.63 bits per heavy atom. The van der Waals surface area contributed by atoms with Crippen molar-refractivity contribution in [2.24, 2.45) is 11.5 Å². The molecule has 0 saturated carbocycles. The number of aromatic nitrogens is 2. The first-order valence-electron chi connectivity index (χ1n) is 19.0. The Hall–Kier alpha value is -4.47. The first kappa shape index (κ1) is 39.2. The molecule has 288 valence electrons. The number of morpholine rings is 1. The number of nitrogens with zero attached hydrogens (tertiary/aromatic N) is 3. The lowest BCUT2D eigenvalue weighted by Gasteiger charge is -2.32. The van der Waals surface area contributed by atoms with Gasteiger partial charge in [0, 0.05) is 78.3 Å². The first-order chi connectivity index (χ1) is 26.4. The Kier molecular flexibility index (Phi) is 14.0. The van der Waals surface area contributed by atoms with Gasteiger partial charge in [-0.25, -0.2) is 4.98 Å². The van der Waals surface area contributed by atoms with Crippen LogP contribution in [0.25, 0.3) is 10.9 Å². The summed E-state index contributed by atoms with van der Waals surface area (Å²) in [6, 6.07) is 15.7. The van der Waals surface area contributed by atoms with Crippen LogP contribution >= 0.6 is 11.8 Å². The molecular formula is C40H53N9O4S. The summed E-state index contributed by atoms with van der Waals surface area (Å²) in [7, 11) is 1.66. The highest BCUT2D eigenvalue weighted by Gasteiger charge is 2.34. The number of benzene rings is 2. The molecule has 2 aliphatic rings. The third-order valence-electron chi connectivity index (χ3n) is 10.3. The fourth-order valence-electron chi connectivity index (χ4n) is 7.15. The number of aromatic amines is 1. The van der Waals surface area contributed by atoms with Gasteiger partial charge in [-0.2, -0.15) is 0 Å². The Morgan fingerprint density at radius 1 is 0.870 bits per heavy atom. The Morgan fingerprint density at radius 3 is 2.44 bits per heavy atom. The average Bonchev–Trinajstić information content (AvgIpc) is 3.61. The number of ether oxygens (including phenoxy) is 1. The largest absolute Gasteiger partial charge is 0.378 e. The van der Waals surface area contributed by atoms with Crippen molar-refractivity contribution in [1.29, 1.82) is 0 Å². The lowest BCUT2D eigenvalue weighted by atomic mass is 10.0. The van der Waals surface area contributed by atoms with Crippen molar-refractivity contribution in [3.8, 4) is 0 Å². The summed E-state index contributed by atoms with van der Waals surface area (Å²) in [5, 5.41) is 10.8. The van der Waals surface area contributed by atoms with Crippen LogP contribution in [-0.4, -0.2) is 97.2 Å². The number of nitrogens with two attached hydrogens (primary N) is 2. The van der Waals surface area contributed by atoms with Crippen LogP contribution in [0.3, 0.4) is 0 Å². The van der Waals surface area contributed by atoms with Gasteiger partial charge in [0.2, 0.25) is 17.7 Å². The number of carbonyl (C=O) groups excluding carboxylic acids is 3. The molecule has 54 heavy (non-hydrogen) atoms. The minimum Gasteiger partial charge on any atom is -0.378 e. The average molecular weight is 756 g/mol. The van der Waals surface area contributed by atoms with E-state index in [2.05, 4.69) is 38.0 Å². The maximum atomic E-state index is 14.6. The van der Waals surface area contributed by atoms with Crippen molar-refractivity contribution >= 4 is 46.2 Å². The summed E-state index contributed by atoms with van der Waals surface area (Å²) in [6.07, 6.45) is 6.83. The van der Waals surface area contributed by atoms with E-state index in [9.17, 15) is 14.4 Å². The zero-order valence-electron chi connectivity index (χ0n) is 31.0. The van der Waals surface area contributed by atoms with Gasteiger partial charge >= 0.3 is 0 Å². The van der Waals surface area contributed by atoms with E-state index in [4.69, 9.17) is 21.2 Å².